The van der Waals surface area contributed by atoms with Crippen molar-refractivity contribution in [2.24, 2.45) is 9.98 Å². The maximum atomic E-state index is 4.88. The van der Waals surface area contributed by atoms with Crippen LogP contribution in [-0.2, 0) is 6.42 Å². The van der Waals surface area contributed by atoms with Gasteiger partial charge in [-0.15, -0.1) is 5.73 Å². The Morgan fingerprint density at radius 2 is 1.50 bits per heavy atom. The summed E-state index contributed by atoms with van der Waals surface area (Å²) in [5, 5.41) is 3.50. The Bertz CT molecular complexity index is 1190. The van der Waals surface area contributed by atoms with Gasteiger partial charge in [0.05, 0.1) is 0 Å². The number of benzene rings is 3. The molecule has 0 spiro atoms. The van der Waals surface area contributed by atoms with Crippen molar-refractivity contribution in [3.63, 3.8) is 0 Å². The standard InChI is InChI=1S/C27H21N3/c1-3-9-20(10-4-1)19-21-15-17-24(18-16-21)27-29-25(22-11-5-2-6-12-22)28-26(30-27)23-13-7-8-14-23/h1-7,9-18,27H,19H2,(H,28,29,30). The lowest BCUT2D eigenvalue weighted by Gasteiger charge is -2.23. The molecule has 1 atom stereocenters. The molecule has 0 radical (unpaired) electrons. The molecule has 30 heavy (non-hydrogen) atoms. The Kier molecular flexibility index (Phi) is 4.95. The molecule has 5 rings (SSSR count). The van der Waals surface area contributed by atoms with Gasteiger partial charge in [0.15, 0.2) is 5.84 Å². The first kappa shape index (κ1) is 18.1. The average molecular weight is 387 g/mol. The molecule has 2 aliphatic rings. The van der Waals surface area contributed by atoms with E-state index < -0.39 is 0 Å². The lowest BCUT2D eigenvalue weighted by molar-refractivity contribution is 0.674. The van der Waals surface area contributed by atoms with Gasteiger partial charge in [0, 0.05) is 11.1 Å². The second-order valence-electron chi connectivity index (χ2n) is 7.33. The average Bonchev–Trinajstić information content (AvgIpc) is 3.36. The Labute approximate surface area is 176 Å². The topological polar surface area (TPSA) is 36.8 Å². The smallest absolute Gasteiger partial charge is 0.160 e. The van der Waals surface area contributed by atoms with E-state index in [1.54, 1.807) is 0 Å². The zero-order chi connectivity index (χ0) is 20.2. The SMILES string of the molecule is C1=CC=C(C2=NC(c3ccc(Cc4ccccc4)cc3)NC(c3ccccc3)=N2)C=1. The number of aliphatic imine (C=N–C) groups is 2. The van der Waals surface area contributed by atoms with Crippen molar-refractivity contribution in [3.05, 3.63) is 137 Å². The number of allylic oxidation sites excluding steroid dienone is 1. The number of hydrogen-bond donors (Lipinski definition) is 1. The molecule has 0 amide bonds. The Morgan fingerprint density at radius 3 is 2.20 bits per heavy atom. The van der Waals surface area contributed by atoms with E-state index in [0.29, 0.717) is 0 Å². The van der Waals surface area contributed by atoms with Crippen molar-refractivity contribution in [1.82, 2.24) is 5.32 Å². The van der Waals surface area contributed by atoms with Gasteiger partial charge in [0.25, 0.3) is 0 Å². The fourth-order valence-electron chi connectivity index (χ4n) is 3.60. The quantitative estimate of drug-likeness (QED) is 0.587. The lowest BCUT2D eigenvalue weighted by atomic mass is 10.0. The first-order valence-electron chi connectivity index (χ1n) is 10.1. The summed E-state index contributed by atoms with van der Waals surface area (Å²) in [6.45, 7) is 0. The first-order chi connectivity index (χ1) is 14.8. The van der Waals surface area contributed by atoms with Gasteiger partial charge in [-0.25, -0.2) is 9.98 Å². The number of hydrogen-bond acceptors (Lipinski definition) is 3. The molecule has 3 aromatic rings. The van der Waals surface area contributed by atoms with Crippen molar-refractivity contribution in [3.8, 4) is 0 Å². The highest BCUT2D eigenvalue weighted by atomic mass is 15.2. The van der Waals surface area contributed by atoms with Crippen LogP contribution in [0.25, 0.3) is 0 Å². The van der Waals surface area contributed by atoms with Gasteiger partial charge >= 0.3 is 0 Å². The predicted molar refractivity (Wildman–Crippen MR) is 123 cm³/mol. The third-order valence-electron chi connectivity index (χ3n) is 5.19. The highest BCUT2D eigenvalue weighted by molar-refractivity contribution is 6.14. The minimum Gasteiger partial charge on any atom is -0.344 e. The molecule has 3 aromatic carbocycles. The highest BCUT2D eigenvalue weighted by Gasteiger charge is 2.21. The Morgan fingerprint density at radius 1 is 0.800 bits per heavy atom. The van der Waals surface area contributed by atoms with Crippen molar-refractivity contribution >= 4 is 11.7 Å². The van der Waals surface area contributed by atoms with Crippen molar-refractivity contribution < 1.29 is 0 Å². The summed E-state index contributed by atoms with van der Waals surface area (Å²) in [6, 6.07) is 29.4. The highest BCUT2D eigenvalue weighted by Crippen LogP contribution is 2.23. The summed E-state index contributed by atoms with van der Waals surface area (Å²) in [4.78, 5) is 9.66. The maximum absolute atomic E-state index is 4.88. The van der Waals surface area contributed by atoms with Crippen LogP contribution in [0.15, 0.2) is 124 Å². The molecular formula is C27H21N3. The molecule has 1 unspecified atom stereocenters. The maximum Gasteiger partial charge on any atom is 0.160 e. The molecule has 1 N–H and O–H groups in total. The Balaban J connectivity index is 1.43. The molecule has 0 saturated heterocycles. The number of nitrogens with zero attached hydrogens (tertiary/aromatic N) is 2. The molecule has 0 bridgehead atoms. The second-order valence-corrected chi connectivity index (χ2v) is 7.33. The van der Waals surface area contributed by atoms with Crippen LogP contribution in [-0.4, -0.2) is 11.7 Å². The van der Waals surface area contributed by atoms with Gasteiger partial charge in [-0.1, -0.05) is 84.9 Å². The zero-order valence-electron chi connectivity index (χ0n) is 16.5. The van der Waals surface area contributed by atoms with Gasteiger partial charge in [0.1, 0.15) is 12.0 Å². The van der Waals surface area contributed by atoms with Crippen LogP contribution >= 0.6 is 0 Å². The zero-order valence-corrected chi connectivity index (χ0v) is 16.5. The van der Waals surface area contributed by atoms with Crippen LogP contribution in [0.2, 0.25) is 0 Å². The van der Waals surface area contributed by atoms with Gasteiger partial charge in [-0.3, -0.25) is 0 Å². The van der Waals surface area contributed by atoms with Crippen LogP contribution in [0.5, 0.6) is 0 Å². The van der Waals surface area contributed by atoms with Gasteiger partial charge in [-0.05, 0) is 41.3 Å². The molecule has 1 aliphatic heterocycles. The van der Waals surface area contributed by atoms with Crippen LogP contribution in [0.3, 0.4) is 0 Å². The normalized spacial score (nSPS) is 17.2. The molecule has 0 fully saturated rings. The predicted octanol–water partition coefficient (Wildman–Crippen LogP) is 5.38. The number of amidine groups is 2. The fourth-order valence-corrected chi connectivity index (χ4v) is 3.60. The van der Waals surface area contributed by atoms with Crippen LogP contribution in [0.1, 0.15) is 28.4 Å². The van der Waals surface area contributed by atoms with E-state index in [1.165, 1.54) is 11.1 Å². The van der Waals surface area contributed by atoms with Gasteiger partial charge in [0.2, 0.25) is 0 Å². The molecule has 1 heterocycles. The minimum atomic E-state index is -0.187. The number of rotatable bonds is 5. The lowest BCUT2D eigenvalue weighted by Crippen LogP contribution is -2.33. The van der Waals surface area contributed by atoms with Gasteiger partial charge < -0.3 is 5.32 Å². The van der Waals surface area contributed by atoms with Crippen molar-refractivity contribution in [2.45, 2.75) is 12.6 Å². The van der Waals surface area contributed by atoms with E-state index in [0.717, 1.165) is 34.8 Å². The molecular weight excluding hydrogens is 366 g/mol. The van der Waals surface area contributed by atoms with Crippen LogP contribution < -0.4 is 5.32 Å². The summed E-state index contributed by atoms with van der Waals surface area (Å²) >= 11 is 0. The fraction of sp³-hybridized carbons (Fsp3) is 0.0741. The monoisotopic (exact) mass is 387 g/mol. The largest absolute Gasteiger partial charge is 0.344 e. The molecule has 3 nitrogen and oxygen atoms in total. The van der Waals surface area contributed by atoms with E-state index in [4.69, 9.17) is 9.98 Å². The number of nitrogens with one attached hydrogen (secondary N) is 1. The van der Waals surface area contributed by atoms with Crippen molar-refractivity contribution in [2.75, 3.05) is 0 Å². The summed E-state index contributed by atoms with van der Waals surface area (Å²) in [7, 11) is 0. The third-order valence-corrected chi connectivity index (χ3v) is 5.19. The molecule has 0 saturated carbocycles. The molecule has 144 valence electrons. The van der Waals surface area contributed by atoms with E-state index in [-0.39, 0.29) is 6.17 Å². The van der Waals surface area contributed by atoms with Crippen LogP contribution in [0, 0.1) is 0 Å². The summed E-state index contributed by atoms with van der Waals surface area (Å²) < 4.78 is 0. The van der Waals surface area contributed by atoms with Crippen LogP contribution in [0.4, 0.5) is 0 Å². The summed E-state index contributed by atoms with van der Waals surface area (Å²) in [5.74, 6) is 1.56. The third kappa shape index (κ3) is 3.93. The molecule has 0 aromatic heterocycles. The van der Waals surface area contributed by atoms with Crippen molar-refractivity contribution in [1.29, 1.82) is 0 Å². The Hall–Kier alpha value is -3.94. The summed E-state index contributed by atoms with van der Waals surface area (Å²) in [5.41, 5.74) is 8.84. The van der Waals surface area contributed by atoms with Gasteiger partial charge in [-0.2, -0.15) is 0 Å². The van der Waals surface area contributed by atoms with E-state index in [9.17, 15) is 0 Å². The molecule has 1 aliphatic carbocycles. The van der Waals surface area contributed by atoms with E-state index in [1.807, 2.05) is 42.5 Å². The summed E-state index contributed by atoms with van der Waals surface area (Å²) in [6.07, 6.45) is 6.55. The van der Waals surface area contributed by atoms with E-state index >= 15 is 0 Å². The van der Waals surface area contributed by atoms with E-state index in [2.05, 4.69) is 71.7 Å². The second kappa shape index (κ2) is 8.20. The minimum absolute atomic E-state index is 0.187. The molecule has 3 heteroatoms. The first-order valence-corrected chi connectivity index (χ1v) is 10.1.